The van der Waals surface area contributed by atoms with Crippen LogP contribution in [-0.2, 0) is 17.7 Å². The fraction of sp³-hybridized carbons (Fsp3) is 0.647. The zero-order chi connectivity index (χ0) is 18.1. The van der Waals surface area contributed by atoms with Gasteiger partial charge in [-0.1, -0.05) is 12.1 Å². The molecule has 2 aliphatic rings. The molecule has 140 valence electrons. The lowest BCUT2D eigenvalue weighted by atomic mass is 10.0. The van der Waals surface area contributed by atoms with Crippen molar-refractivity contribution in [3.05, 3.63) is 23.5 Å². The summed E-state index contributed by atoms with van der Waals surface area (Å²) in [4.78, 5) is 17.8. The first kappa shape index (κ1) is 17.2. The first-order chi connectivity index (χ1) is 12.6. The molecular formula is C17H24N6O3. The van der Waals surface area contributed by atoms with Gasteiger partial charge in [0.2, 0.25) is 11.8 Å². The summed E-state index contributed by atoms with van der Waals surface area (Å²) in [6.07, 6.45) is 1.38. The van der Waals surface area contributed by atoms with Crippen molar-refractivity contribution < 1.29 is 14.4 Å². The Bertz CT molecular complexity index is 755. The van der Waals surface area contributed by atoms with Crippen molar-refractivity contribution >= 4 is 11.8 Å². The van der Waals surface area contributed by atoms with Gasteiger partial charge in [0.25, 0.3) is 0 Å². The second-order valence-corrected chi connectivity index (χ2v) is 6.88. The molecule has 0 radical (unpaired) electrons. The predicted octanol–water partition coefficient (Wildman–Crippen LogP) is 0.743. The van der Waals surface area contributed by atoms with Gasteiger partial charge in [-0.05, 0) is 6.42 Å². The molecule has 9 heteroatoms. The Morgan fingerprint density at radius 1 is 1.31 bits per heavy atom. The largest absolute Gasteiger partial charge is 0.389 e. The van der Waals surface area contributed by atoms with Gasteiger partial charge in [0, 0.05) is 45.1 Å². The SMILES string of the molecule is CCc1nc(CN(C)c2cc(C3CCOC3)nc(N3CC(O)C3)n2)no1. The number of β-amino-alcohol motifs (C(OH)–C–C–N with tert-alkyl or cyclic N) is 1. The summed E-state index contributed by atoms with van der Waals surface area (Å²) >= 11 is 0. The maximum absolute atomic E-state index is 9.60. The molecule has 2 aromatic rings. The summed E-state index contributed by atoms with van der Waals surface area (Å²) in [7, 11) is 1.95. The van der Waals surface area contributed by atoms with Crippen molar-refractivity contribution in [3.63, 3.8) is 0 Å². The number of hydrogen-bond donors (Lipinski definition) is 1. The Morgan fingerprint density at radius 2 is 2.15 bits per heavy atom. The maximum atomic E-state index is 9.60. The van der Waals surface area contributed by atoms with Crippen LogP contribution in [0.2, 0.25) is 0 Å². The Balaban J connectivity index is 1.58. The van der Waals surface area contributed by atoms with Gasteiger partial charge in [0.1, 0.15) is 5.82 Å². The molecule has 4 rings (SSSR count). The summed E-state index contributed by atoms with van der Waals surface area (Å²) in [5.41, 5.74) is 0.984. The van der Waals surface area contributed by atoms with Crippen LogP contribution in [0.25, 0.3) is 0 Å². The Morgan fingerprint density at radius 3 is 2.81 bits per heavy atom. The van der Waals surface area contributed by atoms with Gasteiger partial charge < -0.3 is 24.2 Å². The third-order valence-corrected chi connectivity index (χ3v) is 4.80. The van der Waals surface area contributed by atoms with Crippen LogP contribution < -0.4 is 9.80 Å². The van der Waals surface area contributed by atoms with Gasteiger partial charge in [-0.2, -0.15) is 9.97 Å². The van der Waals surface area contributed by atoms with Crippen LogP contribution in [0.5, 0.6) is 0 Å². The molecule has 1 atom stereocenters. The van der Waals surface area contributed by atoms with E-state index in [2.05, 4.69) is 15.1 Å². The Labute approximate surface area is 152 Å². The molecule has 2 saturated heterocycles. The molecule has 0 aromatic carbocycles. The van der Waals surface area contributed by atoms with E-state index < -0.39 is 0 Å². The Kier molecular flexibility index (Phi) is 4.73. The van der Waals surface area contributed by atoms with E-state index in [1.54, 1.807) is 0 Å². The minimum absolute atomic E-state index is 0.284. The summed E-state index contributed by atoms with van der Waals surface area (Å²) < 4.78 is 10.7. The topological polar surface area (TPSA) is 101 Å². The number of hydrogen-bond acceptors (Lipinski definition) is 9. The number of rotatable bonds is 6. The molecule has 2 aliphatic heterocycles. The van der Waals surface area contributed by atoms with Crippen molar-refractivity contribution in [1.82, 2.24) is 20.1 Å². The van der Waals surface area contributed by atoms with Crippen LogP contribution in [0.1, 0.15) is 36.7 Å². The third-order valence-electron chi connectivity index (χ3n) is 4.80. The maximum Gasteiger partial charge on any atom is 0.227 e. The number of aliphatic hydroxyl groups excluding tert-OH is 1. The van der Waals surface area contributed by atoms with Crippen LogP contribution in [-0.4, -0.2) is 64.7 Å². The van der Waals surface area contributed by atoms with E-state index in [-0.39, 0.29) is 12.0 Å². The number of aliphatic hydroxyl groups is 1. The van der Waals surface area contributed by atoms with Crippen molar-refractivity contribution in [2.24, 2.45) is 0 Å². The second-order valence-electron chi connectivity index (χ2n) is 6.88. The minimum atomic E-state index is -0.301. The zero-order valence-electron chi connectivity index (χ0n) is 15.1. The Hall–Kier alpha value is -2.26. The molecule has 1 unspecified atom stereocenters. The summed E-state index contributed by atoms with van der Waals surface area (Å²) in [6, 6.07) is 2.01. The van der Waals surface area contributed by atoms with Gasteiger partial charge in [-0.15, -0.1) is 0 Å². The lowest BCUT2D eigenvalue weighted by Crippen LogP contribution is -2.51. The van der Waals surface area contributed by atoms with E-state index in [0.717, 1.165) is 31.0 Å². The molecule has 1 N–H and O–H groups in total. The lowest BCUT2D eigenvalue weighted by molar-refractivity contribution is 0.140. The van der Waals surface area contributed by atoms with Crippen molar-refractivity contribution in [3.8, 4) is 0 Å². The highest BCUT2D eigenvalue weighted by atomic mass is 16.5. The predicted molar refractivity (Wildman–Crippen MR) is 94.2 cm³/mol. The monoisotopic (exact) mass is 360 g/mol. The fourth-order valence-corrected chi connectivity index (χ4v) is 3.16. The first-order valence-electron chi connectivity index (χ1n) is 9.04. The van der Waals surface area contributed by atoms with Crippen molar-refractivity contribution in [2.45, 2.75) is 38.3 Å². The molecule has 2 aromatic heterocycles. The highest BCUT2D eigenvalue weighted by Gasteiger charge is 2.29. The third kappa shape index (κ3) is 3.49. The molecule has 2 fully saturated rings. The van der Waals surface area contributed by atoms with E-state index >= 15 is 0 Å². The average Bonchev–Trinajstić information content (AvgIpc) is 3.30. The summed E-state index contributed by atoms with van der Waals surface area (Å²) in [5.74, 6) is 3.02. The first-order valence-corrected chi connectivity index (χ1v) is 9.04. The number of anilines is 2. The lowest BCUT2D eigenvalue weighted by Gasteiger charge is -2.36. The van der Waals surface area contributed by atoms with E-state index in [0.29, 0.717) is 43.9 Å². The molecule has 0 bridgehead atoms. The number of aryl methyl sites for hydroxylation is 1. The zero-order valence-corrected chi connectivity index (χ0v) is 15.1. The summed E-state index contributed by atoms with van der Waals surface area (Å²) in [6.45, 7) is 5.07. The molecule has 26 heavy (non-hydrogen) atoms. The molecule has 0 spiro atoms. The molecular weight excluding hydrogens is 336 g/mol. The van der Waals surface area contributed by atoms with Gasteiger partial charge in [0.15, 0.2) is 5.82 Å². The standard InChI is InChI=1S/C17H24N6O3/c1-3-16-19-14(21-26-16)9-22(2)15-6-13(11-4-5-25-10-11)18-17(20-15)23-7-12(24)8-23/h6,11-12,24H,3-5,7-10H2,1-2H3. The highest BCUT2D eigenvalue weighted by molar-refractivity contribution is 5.47. The van der Waals surface area contributed by atoms with Gasteiger partial charge in [-0.25, -0.2) is 4.98 Å². The van der Waals surface area contributed by atoms with Gasteiger partial charge in [0.05, 0.1) is 24.9 Å². The molecule has 0 saturated carbocycles. The van der Waals surface area contributed by atoms with Crippen LogP contribution in [0.3, 0.4) is 0 Å². The molecule has 4 heterocycles. The highest BCUT2D eigenvalue weighted by Crippen LogP contribution is 2.29. The normalized spacial score (nSPS) is 20.4. The van der Waals surface area contributed by atoms with Crippen LogP contribution in [0.4, 0.5) is 11.8 Å². The number of aromatic nitrogens is 4. The van der Waals surface area contributed by atoms with Crippen LogP contribution in [0.15, 0.2) is 10.6 Å². The molecule has 0 amide bonds. The number of nitrogens with zero attached hydrogens (tertiary/aromatic N) is 6. The second kappa shape index (κ2) is 7.16. The van der Waals surface area contributed by atoms with E-state index in [4.69, 9.17) is 14.2 Å². The fourth-order valence-electron chi connectivity index (χ4n) is 3.16. The average molecular weight is 360 g/mol. The van der Waals surface area contributed by atoms with Crippen LogP contribution in [0, 0.1) is 0 Å². The summed E-state index contributed by atoms with van der Waals surface area (Å²) in [5, 5.41) is 13.6. The molecule has 0 aliphatic carbocycles. The van der Waals surface area contributed by atoms with E-state index in [1.807, 2.05) is 29.8 Å². The van der Waals surface area contributed by atoms with Crippen molar-refractivity contribution in [1.29, 1.82) is 0 Å². The van der Waals surface area contributed by atoms with Crippen molar-refractivity contribution in [2.75, 3.05) is 43.2 Å². The van der Waals surface area contributed by atoms with Gasteiger partial charge >= 0.3 is 0 Å². The van der Waals surface area contributed by atoms with Gasteiger partial charge in [-0.3, -0.25) is 0 Å². The quantitative estimate of drug-likeness (QED) is 0.799. The smallest absolute Gasteiger partial charge is 0.227 e. The minimum Gasteiger partial charge on any atom is -0.389 e. The number of ether oxygens (including phenoxy) is 1. The van der Waals surface area contributed by atoms with E-state index in [9.17, 15) is 5.11 Å². The van der Waals surface area contributed by atoms with E-state index in [1.165, 1.54) is 0 Å². The van der Waals surface area contributed by atoms with Crippen LogP contribution >= 0.6 is 0 Å². The molecule has 9 nitrogen and oxygen atoms in total.